The first kappa shape index (κ1) is 16.5. The second-order valence-electron chi connectivity index (χ2n) is 9.00. The molecule has 2 aliphatic carbocycles. The van der Waals surface area contributed by atoms with Crippen molar-refractivity contribution < 1.29 is 9.84 Å². The van der Waals surface area contributed by atoms with Gasteiger partial charge >= 0.3 is 0 Å². The molecular weight excluding hydrogens is 272 g/mol. The van der Waals surface area contributed by atoms with Crippen LogP contribution >= 0.6 is 0 Å². The van der Waals surface area contributed by atoms with E-state index in [4.69, 9.17) is 4.74 Å². The van der Waals surface area contributed by atoms with Gasteiger partial charge in [-0.2, -0.15) is 0 Å². The maximum atomic E-state index is 11.0. The zero-order valence-corrected chi connectivity index (χ0v) is 15.1. The third kappa shape index (κ3) is 3.01. The summed E-state index contributed by atoms with van der Waals surface area (Å²) in [5.41, 5.74) is 1.06. The molecule has 22 heavy (non-hydrogen) atoms. The quantitative estimate of drug-likeness (QED) is 0.562. The number of rotatable bonds is 1. The van der Waals surface area contributed by atoms with E-state index in [0.717, 1.165) is 32.1 Å². The first-order valence-corrected chi connectivity index (χ1v) is 9.30. The number of aliphatic hydroxyl groups is 1. The third-order valence-electron chi connectivity index (χ3n) is 6.86. The third-order valence-corrected chi connectivity index (χ3v) is 6.86. The van der Waals surface area contributed by atoms with Gasteiger partial charge in [-0.25, -0.2) is 0 Å². The zero-order valence-electron chi connectivity index (χ0n) is 15.1. The lowest BCUT2D eigenvalue weighted by molar-refractivity contribution is -0.0802. The Kier molecular flexibility index (Phi) is 4.23. The van der Waals surface area contributed by atoms with Crippen molar-refractivity contribution in [3.05, 3.63) is 11.6 Å². The molecule has 3 rings (SSSR count). The first-order valence-electron chi connectivity index (χ1n) is 9.30. The standard InChI is InChI=1S/C20H34O2/c1-13(2)15-8-10-19(4,21)17-9-11-20(5)18(22-20)7-6-14(3)12-16(15)17/h12-13,15-18,21H,6-11H2,1-5H3/b14-12-/t15-,16-,17-,18-,19-,20-/m1/s1. The molecule has 1 saturated carbocycles. The van der Waals surface area contributed by atoms with Gasteiger partial charge in [0.2, 0.25) is 0 Å². The van der Waals surface area contributed by atoms with Crippen LogP contribution in [0.25, 0.3) is 0 Å². The summed E-state index contributed by atoms with van der Waals surface area (Å²) in [5, 5.41) is 11.0. The molecule has 126 valence electrons. The highest BCUT2D eigenvalue weighted by Gasteiger charge is 2.53. The van der Waals surface area contributed by atoms with E-state index in [1.165, 1.54) is 12.0 Å². The molecule has 1 N–H and O–H groups in total. The maximum absolute atomic E-state index is 11.0. The summed E-state index contributed by atoms with van der Waals surface area (Å²) in [5.74, 6) is 2.31. The monoisotopic (exact) mass is 306 g/mol. The Balaban J connectivity index is 1.91. The van der Waals surface area contributed by atoms with Crippen molar-refractivity contribution in [3.63, 3.8) is 0 Å². The van der Waals surface area contributed by atoms with Gasteiger partial charge in [-0.3, -0.25) is 0 Å². The number of fused-ring (bicyclic) bond motifs is 2. The highest BCUT2D eigenvalue weighted by Crippen LogP contribution is 2.51. The Morgan fingerprint density at radius 2 is 1.91 bits per heavy atom. The van der Waals surface area contributed by atoms with Crippen LogP contribution in [0, 0.1) is 23.7 Å². The molecule has 1 saturated heterocycles. The summed E-state index contributed by atoms with van der Waals surface area (Å²) in [4.78, 5) is 0. The minimum absolute atomic E-state index is 0.0863. The van der Waals surface area contributed by atoms with Crippen LogP contribution in [0.5, 0.6) is 0 Å². The largest absolute Gasteiger partial charge is 0.390 e. The lowest BCUT2D eigenvalue weighted by atomic mass is 9.60. The van der Waals surface area contributed by atoms with Crippen molar-refractivity contribution >= 4 is 0 Å². The average molecular weight is 306 g/mol. The number of ether oxygens (including phenoxy) is 1. The van der Waals surface area contributed by atoms with Crippen LogP contribution in [0.15, 0.2) is 11.6 Å². The summed E-state index contributed by atoms with van der Waals surface area (Å²) in [6, 6.07) is 0. The van der Waals surface area contributed by atoms with Crippen LogP contribution < -0.4 is 0 Å². The van der Waals surface area contributed by atoms with Crippen LogP contribution in [0.3, 0.4) is 0 Å². The summed E-state index contributed by atoms with van der Waals surface area (Å²) in [6.07, 6.45) is 9.59. The highest BCUT2D eigenvalue weighted by molar-refractivity contribution is 5.12. The van der Waals surface area contributed by atoms with E-state index in [0.29, 0.717) is 29.8 Å². The minimum Gasteiger partial charge on any atom is -0.390 e. The molecule has 2 fully saturated rings. The lowest BCUT2D eigenvalue weighted by Gasteiger charge is -2.48. The van der Waals surface area contributed by atoms with Crippen molar-refractivity contribution in [1.29, 1.82) is 0 Å². The zero-order chi connectivity index (χ0) is 16.1. The SMILES string of the molecule is C/C1=C/[C@@H]2[C@@H](C(C)C)CC[C@@](C)(O)[C@@H]2CC[C@@]2(C)O[C@@H]2CC1. The molecule has 0 spiro atoms. The summed E-state index contributed by atoms with van der Waals surface area (Å²) in [7, 11) is 0. The molecule has 0 aromatic carbocycles. The molecule has 2 heteroatoms. The number of hydrogen-bond acceptors (Lipinski definition) is 2. The molecule has 0 aromatic rings. The van der Waals surface area contributed by atoms with E-state index in [1.807, 2.05) is 0 Å². The molecule has 0 bridgehead atoms. The summed E-state index contributed by atoms with van der Waals surface area (Å²) in [6.45, 7) is 11.3. The van der Waals surface area contributed by atoms with Gasteiger partial charge in [-0.05, 0) is 83.0 Å². The topological polar surface area (TPSA) is 32.8 Å². The van der Waals surface area contributed by atoms with Crippen molar-refractivity contribution in [3.8, 4) is 0 Å². The molecule has 6 atom stereocenters. The van der Waals surface area contributed by atoms with Gasteiger partial charge in [-0.1, -0.05) is 25.5 Å². The molecule has 0 unspecified atom stereocenters. The summed E-state index contributed by atoms with van der Waals surface area (Å²) < 4.78 is 6.00. The lowest BCUT2D eigenvalue weighted by Crippen LogP contribution is -2.47. The van der Waals surface area contributed by atoms with E-state index in [2.05, 4.69) is 40.7 Å². The Morgan fingerprint density at radius 3 is 2.59 bits per heavy atom. The second kappa shape index (κ2) is 5.63. The van der Waals surface area contributed by atoms with Crippen LogP contribution in [0.2, 0.25) is 0 Å². The molecule has 2 nitrogen and oxygen atoms in total. The highest BCUT2D eigenvalue weighted by atomic mass is 16.6. The number of allylic oxidation sites excluding steroid dienone is 2. The van der Waals surface area contributed by atoms with Crippen LogP contribution in [-0.2, 0) is 4.74 Å². The normalized spacial score (nSPS) is 51.5. The van der Waals surface area contributed by atoms with Crippen LogP contribution in [0.1, 0.15) is 73.1 Å². The van der Waals surface area contributed by atoms with E-state index >= 15 is 0 Å². The Bertz CT molecular complexity index is 451. The fourth-order valence-electron chi connectivity index (χ4n) is 5.16. The maximum Gasteiger partial charge on any atom is 0.0920 e. The fraction of sp³-hybridized carbons (Fsp3) is 0.900. The molecule has 1 aliphatic heterocycles. The predicted molar refractivity (Wildman–Crippen MR) is 90.7 cm³/mol. The molecule has 3 aliphatic rings. The van der Waals surface area contributed by atoms with Gasteiger partial charge < -0.3 is 9.84 Å². The second-order valence-corrected chi connectivity index (χ2v) is 9.00. The fourth-order valence-corrected chi connectivity index (χ4v) is 5.16. The first-order chi connectivity index (χ1) is 10.2. The minimum atomic E-state index is -0.521. The Hall–Kier alpha value is -0.340. The van der Waals surface area contributed by atoms with Crippen LogP contribution in [0.4, 0.5) is 0 Å². The van der Waals surface area contributed by atoms with Gasteiger partial charge in [0.05, 0.1) is 17.3 Å². The molecule has 0 aromatic heterocycles. The van der Waals surface area contributed by atoms with Crippen molar-refractivity contribution in [1.82, 2.24) is 0 Å². The molecule has 0 amide bonds. The van der Waals surface area contributed by atoms with Gasteiger partial charge in [-0.15, -0.1) is 0 Å². The van der Waals surface area contributed by atoms with Crippen LogP contribution in [-0.4, -0.2) is 22.4 Å². The van der Waals surface area contributed by atoms with Gasteiger partial charge in [0.15, 0.2) is 0 Å². The van der Waals surface area contributed by atoms with E-state index in [1.54, 1.807) is 0 Å². The van der Waals surface area contributed by atoms with Gasteiger partial charge in [0.1, 0.15) is 0 Å². The van der Waals surface area contributed by atoms with Crippen molar-refractivity contribution in [2.75, 3.05) is 0 Å². The Labute approximate surface area is 136 Å². The Morgan fingerprint density at radius 1 is 1.18 bits per heavy atom. The molecular formula is C20H34O2. The van der Waals surface area contributed by atoms with Gasteiger partial charge in [0, 0.05) is 0 Å². The van der Waals surface area contributed by atoms with Crippen molar-refractivity contribution in [2.24, 2.45) is 23.7 Å². The molecule has 0 radical (unpaired) electrons. The smallest absolute Gasteiger partial charge is 0.0920 e. The number of epoxide rings is 1. The van der Waals surface area contributed by atoms with Gasteiger partial charge in [0.25, 0.3) is 0 Å². The van der Waals surface area contributed by atoms with E-state index < -0.39 is 5.60 Å². The van der Waals surface area contributed by atoms with E-state index in [9.17, 15) is 5.11 Å². The predicted octanol–water partition coefficient (Wildman–Crippen LogP) is 4.71. The van der Waals surface area contributed by atoms with E-state index in [-0.39, 0.29) is 5.60 Å². The average Bonchev–Trinajstić information content (AvgIpc) is 3.06. The van der Waals surface area contributed by atoms with Crippen molar-refractivity contribution in [2.45, 2.75) is 90.4 Å². The number of hydrogen-bond donors (Lipinski definition) is 1. The summed E-state index contributed by atoms with van der Waals surface area (Å²) >= 11 is 0. The molecule has 1 heterocycles.